The molecule has 0 saturated carbocycles. The molecule has 0 atom stereocenters. The molecule has 0 N–H and O–H groups in total. The molecule has 69 heavy (non-hydrogen) atoms. The maximum Gasteiger partial charge on any atom is 2.00 e. The molecule has 0 amide bonds. The second kappa shape index (κ2) is 40.0. The average molecular weight is 1030 g/mol. The quantitative estimate of drug-likeness (QED) is 0.0159. The first kappa shape index (κ1) is 65.4. The standard InChI is InChI=1S/2C26H38O7S.Ca/c2*1-3-5-7-9-11-13-15-19-32-25(27)23-18-17-22(34(29,30)31)21-24(23)26(28)33-20-16-14-12-10-8-6-4-2;/h2*9-12,17-18,21H,3-8,13-16,19-20H2,1-2H3,(H,29,30,31);/q;;+2/p-2/b2*11-9+,12-10+;. The minimum atomic E-state index is -4.80. The summed E-state index contributed by atoms with van der Waals surface area (Å²) in [7, 11) is -9.60. The zero-order chi connectivity index (χ0) is 50.5. The first-order chi connectivity index (χ1) is 32.6. The van der Waals surface area contributed by atoms with Gasteiger partial charge in [-0.15, -0.1) is 0 Å². The van der Waals surface area contributed by atoms with E-state index in [1.54, 1.807) is 0 Å². The van der Waals surface area contributed by atoms with Gasteiger partial charge < -0.3 is 28.1 Å². The maximum absolute atomic E-state index is 12.6. The van der Waals surface area contributed by atoms with E-state index in [1.165, 1.54) is 0 Å². The van der Waals surface area contributed by atoms with Crippen LogP contribution in [0, 0.1) is 0 Å². The number of esters is 4. The number of hydrogen-bond donors (Lipinski definition) is 0. The molecule has 2 aromatic rings. The van der Waals surface area contributed by atoms with Crippen LogP contribution in [0.4, 0.5) is 0 Å². The van der Waals surface area contributed by atoms with Crippen LogP contribution in [0.5, 0.6) is 0 Å². The minimum absolute atomic E-state index is 0. The Bertz CT molecular complexity index is 1990. The van der Waals surface area contributed by atoms with Crippen molar-refractivity contribution in [3.05, 3.63) is 107 Å². The average Bonchev–Trinajstić information content (AvgIpc) is 3.31. The van der Waals surface area contributed by atoms with Crippen LogP contribution in [0.15, 0.2) is 94.8 Å². The van der Waals surface area contributed by atoms with Crippen LogP contribution >= 0.6 is 0 Å². The fourth-order valence-electron chi connectivity index (χ4n) is 6.06. The van der Waals surface area contributed by atoms with Crippen molar-refractivity contribution in [1.82, 2.24) is 0 Å². The van der Waals surface area contributed by atoms with Crippen molar-refractivity contribution >= 4 is 81.9 Å². The molecule has 0 aliphatic rings. The van der Waals surface area contributed by atoms with E-state index < -0.39 is 53.9 Å². The molecular formula is C52H74CaO14S2. The molecule has 0 saturated heterocycles. The third-order valence-electron chi connectivity index (χ3n) is 10.00. The molecule has 0 aromatic heterocycles. The summed E-state index contributed by atoms with van der Waals surface area (Å²) < 4.78 is 89.3. The largest absolute Gasteiger partial charge is 2.00 e. The number of hydrogen-bond acceptors (Lipinski definition) is 14. The van der Waals surface area contributed by atoms with Gasteiger partial charge in [-0.2, -0.15) is 0 Å². The van der Waals surface area contributed by atoms with Gasteiger partial charge in [-0.3, -0.25) is 0 Å². The molecule has 0 aliphatic carbocycles. The Labute approximate surface area is 442 Å². The van der Waals surface area contributed by atoms with Crippen molar-refractivity contribution in [2.45, 2.75) is 166 Å². The Kier molecular flexibility index (Phi) is 37.9. The van der Waals surface area contributed by atoms with E-state index in [-0.39, 0.29) is 86.4 Å². The minimum Gasteiger partial charge on any atom is -0.744 e. The maximum atomic E-state index is 12.6. The van der Waals surface area contributed by atoms with E-state index >= 15 is 0 Å². The molecule has 0 aliphatic heterocycles. The second-order valence-corrected chi connectivity index (χ2v) is 18.6. The van der Waals surface area contributed by atoms with E-state index in [9.17, 15) is 45.1 Å². The summed E-state index contributed by atoms with van der Waals surface area (Å²) in [4.78, 5) is 49.0. The third-order valence-corrected chi connectivity index (χ3v) is 11.7. The predicted octanol–water partition coefficient (Wildman–Crippen LogP) is 11.5. The number of unbranched alkanes of at least 4 members (excludes halogenated alkanes) is 12. The van der Waals surface area contributed by atoms with Crippen molar-refractivity contribution in [2.75, 3.05) is 26.4 Å². The van der Waals surface area contributed by atoms with Gasteiger partial charge >= 0.3 is 61.6 Å². The molecule has 0 unspecified atom stereocenters. The summed E-state index contributed by atoms with van der Waals surface area (Å²) >= 11 is 0. The molecule has 380 valence electrons. The van der Waals surface area contributed by atoms with Crippen LogP contribution in [0.25, 0.3) is 0 Å². The SMILES string of the molecule is CCCC/C=C/CCCOC(=O)c1ccc(S(=O)(=O)[O-])cc1C(=O)OCCC/C=C/CCCC.CCCC/C=C/CCCOC(=O)c1ccc(S(=O)(=O)[O-])cc1C(=O)OCCC/C=C/CCCC.[Ca+2]. The number of carbonyl (C=O) groups is 4. The summed E-state index contributed by atoms with van der Waals surface area (Å²) in [6.07, 6.45) is 35.0. The van der Waals surface area contributed by atoms with Crippen LogP contribution in [-0.4, -0.2) is 114 Å². The van der Waals surface area contributed by atoms with Crippen molar-refractivity contribution in [3.63, 3.8) is 0 Å². The van der Waals surface area contributed by atoms with Crippen LogP contribution in [0.2, 0.25) is 0 Å². The van der Waals surface area contributed by atoms with Gasteiger partial charge in [-0.25, -0.2) is 36.0 Å². The fourth-order valence-corrected chi connectivity index (χ4v) is 7.05. The summed E-state index contributed by atoms with van der Waals surface area (Å²) in [6, 6.07) is 5.97. The number of allylic oxidation sites excluding steroid dienone is 8. The van der Waals surface area contributed by atoms with Gasteiger partial charge in [0.25, 0.3) is 0 Å². The summed E-state index contributed by atoms with van der Waals surface area (Å²) in [5, 5.41) is 0. The molecule has 14 nitrogen and oxygen atoms in total. The van der Waals surface area contributed by atoms with Crippen molar-refractivity contribution in [2.24, 2.45) is 0 Å². The molecule has 2 rings (SSSR count). The third kappa shape index (κ3) is 30.7. The topological polar surface area (TPSA) is 220 Å². The number of carbonyl (C=O) groups excluding carboxylic acids is 4. The molecule has 17 heteroatoms. The van der Waals surface area contributed by atoms with Crippen molar-refractivity contribution < 1.29 is 64.1 Å². The van der Waals surface area contributed by atoms with E-state index in [0.717, 1.165) is 139 Å². The summed E-state index contributed by atoms with van der Waals surface area (Å²) in [6.45, 7) is 9.00. The second-order valence-electron chi connectivity index (χ2n) is 15.9. The number of benzene rings is 2. The smallest absolute Gasteiger partial charge is 0.744 e. The van der Waals surface area contributed by atoms with Gasteiger partial charge in [-0.05, 0) is 113 Å². The molecular weight excluding hydrogens is 953 g/mol. The van der Waals surface area contributed by atoms with E-state index in [1.807, 2.05) is 24.3 Å². The molecule has 0 bridgehead atoms. The number of ether oxygens (including phenoxy) is 4. The van der Waals surface area contributed by atoms with Crippen LogP contribution in [-0.2, 0) is 39.2 Å². The van der Waals surface area contributed by atoms with Gasteiger partial charge in [0.1, 0.15) is 20.2 Å². The Morgan fingerprint density at radius 2 is 0.609 bits per heavy atom. The summed E-state index contributed by atoms with van der Waals surface area (Å²) in [5.74, 6) is -3.27. The van der Waals surface area contributed by atoms with Crippen LogP contribution < -0.4 is 0 Å². The van der Waals surface area contributed by atoms with Crippen molar-refractivity contribution in [3.8, 4) is 0 Å². The van der Waals surface area contributed by atoms with Gasteiger partial charge in [-0.1, -0.05) is 128 Å². The molecule has 2 aromatic carbocycles. The predicted molar refractivity (Wildman–Crippen MR) is 267 cm³/mol. The van der Waals surface area contributed by atoms with Crippen molar-refractivity contribution in [1.29, 1.82) is 0 Å². The first-order valence-electron chi connectivity index (χ1n) is 24.1. The molecule has 0 spiro atoms. The molecule has 0 fully saturated rings. The van der Waals surface area contributed by atoms with Gasteiger partial charge in [0.15, 0.2) is 0 Å². The Hall–Kier alpha value is -3.64. The molecule has 0 radical (unpaired) electrons. The summed E-state index contributed by atoms with van der Waals surface area (Å²) in [5.41, 5.74) is -0.842. The van der Waals surface area contributed by atoms with Crippen LogP contribution in [0.1, 0.15) is 198 Å². The molecule has 0 heterocycles. The fraction of sp³-hybridized carbons (Fsp3) is 0.538. The van der Waals surface area contributed by atoms with E-state index in [2.05, 4.69) is 52.0 Å². The van der Waals surface area contributed by atoms with Gasteiger partial charge in [0.05, 0.1) is 58.5 Å². The zero-order valence-corrected chi connectivity index (χ0v) is 45.1. The zero-order valence-electron chi connectivity index (χ0n) is 41.3. The Balaban J connectivity index is 0.00000132. The van der Waals surface area contributed by atoms with Gasteiger partial charge in [0.2, 0.25) is 0 Å². The normalized spacial score (nSPS) is 11.7. The number of rotatable bonds is 34. The van der Waals surface area contributed by atoms with E-state index in [0.29, 0.717) is 25.7 Å². The monoisotopic (exact) mass is 1030 g/mol. The first-order valence-corrected chi connectivity index (χ1v) is 26.9. The Morgan fingerprint density at radius 1 is 0.391 bits per heavy atom. The van der Waals surface area contributed by atoms with Crippen LogP contribution in [0.3, 0.4) is 0 Å². The van der Waals surface area contributed by atoms with E-state index in [4.69, 9.17) is 18.9 Å². The Morgan fingerprint density at radius 3 is 0.826 bits per heavy atom. The van der Waals surface area contributed by atoms with Gasteiger partial charge in [0, 0.05) is 0 Å².